The number of aliphatic hydroxyl groups is 1. The van der Waals surface area contributed by atoms with Gasteiger partial charge < -0.3 is 14.4 Å². The molecule has 2 aromatic rings. The van der Waals surface area contributed by atoms with Crippen LogP contribution in [0.2, 0.25) is 0 Å². The molecular weight excluding hydrogens is 240 g/mol. The van der Waals surface area contributed by atoms with Crippen LogP contribution < -0.4 is 4.74 Å². The van der Waals surface area contributed by atoms with Crippen molar-refractivity contribution in [1.82, 2.24) is 9.55 Å². The largest absolute Gasteiger partial charge is 0.487 e. The monoisotopic (exact) mass is 258 g/mol. The number of aromatic nitrogens is 2. The third-order valence-corrected chi connectivity index (χ3v) is 3.70. The van der Waals surface area contributed by atoms with Crippen LogP contribution in [-0.2, 0) is 20.1 Å². The number of fused-ring (bicyclic) bond motifs is 1. The molecule has 0 amide bonds. The molecule has 0 saturated heterocycles. The van der Waals surface area contributed by atoms with Gasteiger partial charge in [0.25, 0.3) is 0 Å². The number of benzene rings is 1. The molecule has 0 radical (unpaired) electrons. The van der Waals surface area contributed by atoms with Gasteiger partial charge in [-0.1, -0.05) is 6.07 Å². The van der Waals surface area contributed by atoms with Crippen LogP contribution in [0.4, 0.5) is 0 Å². The van der Waals surface area contributed by atoms with Gasteiger partial charge in [0, 0.05) is 7.05 Å². The van der Waals surface area contributed by atoms with Gasteiger partial charge in [-0.15, -0.1) is 0 Å². The van der Waals surface area contributed by atoms with Gasteiger partial charge in [-0.25, -0.2) is 4.98 Å². The number of hydrogen-bond donors (Lipinski definition) is 1. The Labute approximate surface area is 112 Å². The van der Waals surface area contributed by atoms with Gasteiger partial charge in [-0.2, -0.15) is 0 Å². The molecule has 19 heavy (non-hydrogen) atoms. The third-order valence-electron chi connectivity index (χ3n) is 3.70. The minimum Gasteiger partial charge on any atom is -0.487 e. The van der Waals surface area contributed by atoms with E-state index in [1.807, 2.05) is 23.7 Å². The first-order chi connectivity index (χ1) is 9.24. The lowest BCUT2D eigenvalue weighted by atomic mass is 9.89. The number of ether oxygens (including phenoxy) is 1. The molecule has 4 heteroatoms. The Bertz CT molecular complexity index is 577. The summed E-state index contributed by atoms with van der Waals surface area (Å²) >= 11 is 0. The van der Waals surface area contributed by atoms with E-state index >= 15 is 0 Å². The molecule has 1 N–H and O–H groups in total. The molecule has 1 heterocycles. The molecule has 0 bridgehead atoms. The summed E-state index contributed by atoms with van der Waals surface area (Å²) in [6.07, 6.45) is 6.17. The number of nitrogens with zero attached hydrogens (tertiary/aromatic N) is 2. The van der Waals surface area contributed by atoms with E-state index in [0.717, 1.165) is 36.3 Å². The predicted molar refractivity (Wildman–Crippen MR) is 71.9 cm³/mol. The minimum absolute atomic E-state index is 0.344. The molecule has 0 unspecified atom stereocenters. The lowest BCUT2D eigenvalue weighted by molar-refractivity contribution is 0.156. The van der Waals surface area contributed by atoms with Crippen molar-refractivity contribution in [1.29, 1.82) is 0 Å². The standard InChI is InChI=1S/C15H18N2O2/c1-17-10-16-8-12(17)9-19-13-6-5-11-3-2-4-15(18)14(11)7-13/h5-8,10,15,18H,2-4,9H2,1H3/t15-/m1/s1. The highest BCUT2D eigenvalue weighted by Gasteiger charge is 2.18. The Hall–Kier alpha value is -1.81. The fourth-order valence-corrected chi connectivity index (χ4v) is 2.52. The van der Waals surface area contributed by atoms with Gasteiger partial charge in [-0.05, 0) is 42.5 Å². The molecular formula is C15H18N2O2. The van der Waals surface area contributed by atoms with E-state index in [1.54, 1.807) is 12.5 Å². The molecule has 0 saturated carbocycles. The molecule has 1 aliphatic carbocycles. The topological polar surface area (TPSA) is 47.3 Å². The third kappa shape index (κ3) is 2.49. The predicted octanol–water partition coefficient (Wildman–Crippen LogP) is 2.37. The molecule has 1 aliphatic rings. The fourth-order valence-electron chi connectivity index (χ4n) is 2.52. The van der Waals surface area contributed by atoms with Gasteiger partial charge in [0.2, 0.25) is 0 Å². The summed E-state index contributed by atoms with van der Waals surface area (Å²) in [5.74, 6) is 0.806. The van der Waals surface area contributed by atoms with E-state index in [9.17, 15) is 5.11 Å². The van der Waals surface area contributed by atoms with E-state index in [0.29, 0.717) is 6.61 Å². The Kier molecular flexibility index (Phi) is 3.25. The first kappa shape index (κ1) is 12.2. The maximum atomic E-state index is 10.0. The maximum absolute atomic E-state index is 10.0. The van der Waals surface area contributed by atoms with Gasteiger partial charge in [0.05, 0.1) is 24.3 Å². The molecule has 1 atom stereocenters. The fraction of sp³-hybridized carbons (Fsp3) is 0.400. The number of hydrogen-bond acceptors (Lipinski definition) is 3. The molecule has 3 rings (SSSR count). The SMILES string of the molecule is Cn1cncc1COc1ccc2c(c1)[C@H](O)CCC2. The maximum Gasteiger partial charge on any atom is 0.130 e. The molecule has 4 nitrogen and oxygen atoms in total. The van der Waals surface area contributed by atoms with E-state index < -0.39 is 0 Å². The van der Waals surface area contributed by atoms with Crippen LogP contribution in [0, 0.1) is 0 Å². The van der Waals surface area contributed by atoms with Crippen LogP contribution in [-0.4, -0.2) is 14.7 Å². The number of aliphatic hydroxyl groups excluding tert-OH is 1. The molecule has 1 aromatic carbocycles. The van der Waals surface area contributed by atoms with Crippen molar-refractivity contribution in [3.8, 4) is 5.75 Å². The normalized spacial score (nSPS) is 18.1. The summed E-state index contributed by atoms with van der Waals surface area (Å²) in [5.41, 5.74) is 3.29. The molecule has 0 spiro atoms. The van der Waals surface area contributed by atoms with Crippen molar-refractivity contribution < 1.29 is 9.84 Å². The number of imidazole rings is 1. The Morgan fingerprint density at radius 2 is 2.37 bits per heavy atom. The lowest BCUT2D eigenvalue weighted by Crippen LogP contribution is -2.09. The summed E-state index contributed by atoms with van der Waals surface area (Å²) in [5, 5.41) is 10.0. The zero-order valence-electron chi connectivity index (χ0n) is 11.0. The van der Waals surface area contributed by atoms with Crippen molar-refractivity contribution >= 4 is 0 Å². The van der Waals surface area contributed by atoms with Gasteiger partial charge in [-0.3, -0.25) is 0 Å². The van der Waals surface area contributed by atoms with Crippen LogP contribution in [0.25, 0.3) is 0 Å². The van der Waals surface area contributed by atoms with Crippen molar-refractivity contribution in [2.45, 2.75) is 32.0 Å². The van der Waals surface area contributed by atoms with Crippen molar-refractivity contribution in [3.63, 3.8) is 0 Å². The van der Waals surface area contributed by atoms with Crippen molar-refractivity contribution in [2.75, 3.05) is 0 Å². The molecule has 100 valence electrons. The van der Waals surface area contributed by atoms with E-state index in [-0.39, 0.29) is 6.10 Å². The Morgan fingerprint density at radius 1 is 1.47 bits per heavy atom. The Balaban J connectivity index is 1.75. The smallest absolute Gasteiger partial charge is 0.130 e. The van der Waals surface area contributed by atoms with Gasteiger partial charge >= 0.3 is 0 Å². The highest BCUT2D eigenvalue weighted by atomic mass is 16.5. The van der Waals surface area contributed by atoms with Crippen molar-refractivity contribution in [3.05, 3.63) is 47.5 Å². The first-order valence-corrected chi connectivity index (χ1v) is 6.63. The second kappa shape index (κ2) is 5.05. The summed E-state index contributed by atoms with van der Waals surface area (Å²) in [7, 11) is 1.95. The highest BCUT2D eigenvalue weighted by molar-refractivity contribution is 5.38. The first-order valence-electron chi connectivity index (χ1n) is 6.63. The Morgan fingerprint density at radius 3 is 3.16 bits per heavy atom. The molecule has 0 fully saturated rings. The minimum atomic E-state index is -0.344. The summed E-state index contributed by atoms with van der Waals surface area (Å²) in [6, 6.07) is 6.01. The summed E-state index contributed by atoms with van der Waals surface area (Å²) in [4.78, 5) is 4.06. The molecule has 0 aliphatic heterocycles. The van der Waals surface area contributed by atoms with Crippen LogP contribution in [0.15, 0.2) is 30.7 Å². The quantitative estimate of drug-likeness (QED) is 0.919. The average molecular weight is 258 g/mol. The van der Waals surface area contributed by atoms with E-state index in [2.05, 4.69) is 11.1 Å². The van der Waals surface area contributed by atoms with Crippen LogP contribution in [0.5, 0.6) is 5.75 Å². The lowest BCUT2D eigenvalue weighted by Gasteiger charge is -2.22. The van der Waals surface area contributed by atoms with Crippen molar-refractivity contribution in [2.24, 2.45) is 7.05 Å². The second-order valence-electron chi connectivity index (χ2n) is 5.05. The van der Waals surface area contributed by atoms with Crippen LogP contribution in [0.1, 0.15) is 35.8 Å². The molecule has 1 aromatic heterocycles. The number of rotatable bonds is 3. The van der Waals surface area contributed by atoms with Gasteiger partial charge in [0.1, 0.15) is 12.4 Å². The second-order valence-corrected chi connectivity index (χ2v) is 5.05. The summed E-state index contributed by atoms with van der Waals surface area (Å²) in [6.45, 7) is 0.491. The van der Waals surface area contributed by atoms with E-state index in [4.69, 9.17) is 4.74 Å². The summed E-state index contributed by atoms with van der Waals surface area (Å²) < 4.78 is 7.71. The zero-order valence-corrected chi connectivity index (χ0v) is 11.0. The zero-order chi connectivity index (χ0) is 13.2. The van der Waals surface area contributed by atoms with E-state index in [1.165, 1.54) is 5.56 Å². The highest BCUT2D eigenvalue weighted by Crippen LogP contribution is 2.32. The average Bonchev–Trinajstić information content (AvgIpc) is 2.83. The van der Waals surface area contributed by atoms with Crippen LogP contribution in [0.3, 0.4) is 0 Å². The van der Waals surface area contributed by atoms with Gasteiger partial charge in [0.15, 0.2) is 0 Å². The van der Waals surface area contributed by atoms with Crippen LogP contribution >= 0.6 is 0 Å². The number of aryl methyl sites for hydroxylation is 2.